The van der Waals surface area contributed by atoms with Crippen LogP contribution in [0.4, 0.5) is 5.69 Å². The number of hydrogen-bond acceptors (Lipinski definition) is 1. The Morgan fingerprint density at radius 2 is 1.53 bits per heavy atom. The lowest BCUT2D eigenvalue weighted by Gasteiger charge is -2.08. The first-order chi connectivity index (χ1) is 7.45. The van der Waals surface area contributed by atoms with E-state index in [-0.39, 0.29) is 0 Å². The van der Waals surface area contributed by atoms with Gasteiger partial charge < -0.3 is 5.32 Å². The first-order valence-corrected chi connectivity index (χ1v) is 4.98. The standard InChI is InChI=1S/C14H10N/c1-2-6-12-11(5-1)9-10-15-14-8-4-3-7-13(12)14/h1-8,10,15H. The Bertz CT molecular complexity index is 526. The van der Waals surface area contributed by atoms with E-state index in [9.17, 15) is 0 Å². The Balaban J connectivity index is 2.33. The van der Waals surface area contributed by atoms with Crippen LogP contribution in [0, 0.1) is 6.08 Å². The molecule has 0 bridgehead atoms. The molecule has 0 aromatic heterocycles. The molecule has 0 spiro atoms. The molecule has 1 aliphatic rings. The zero-order chi connectivity index (χ0) is 10.1. The van der Waals surface area contributed by atoms with Gasteiger partial charge in [0, 0.05) is 23.5 Å². The maximum atomic E-state index is 3.24. The van der Waals surface area contributed by atoms with Crippen molar-refractivity contribution in [3.8, 4) is 11.1 Å². The Morgan fingerprint density at radius 1 is 0.800 bits per heavy atom. The van der Waals surface area contributed by atoms with E-state index >= 15 is 0 Å². The molecule has 0 unspecified atom stereocenters. The zero-order valence-electron chi connectivity index (χ0n) is 8.20. The fourth-order valence-electron chi connectivity index (χ4n) is 1.88. The lowest BCUT2D eigenvalue weighted by Crippen LogP contribution is -1.87. The van der Waals surface area contributed by atoms with Crippen molar-refractivity contribution < 1.29 is 0 Å². The van der Waals surface area contributed by atoms with Gasteiger partial charge in [-0.25, -0.2) is 0 Å². The van der Waals surface area contributed by atoms with Crippen LogP contribution in [0.25, 0.3) is 11.1 Å². The molecule has 0 atom stereocenters. The van der Waals surface area contributed by atoms with E-state index in [2.05, 4.69) is 47.8 Å². The van der Waals surface area contributed by atoms with Crippen molar-refractivity contribution in [1.82, 2.24) is 0 Å². The maximum Gasteiger partial charge on any atom is 0.0459 e. The SMILES string of the molecule is [C]1=CNc2ccccc2-c2ccccc21. The molecule has 0 amide bonds. The van der Waals surface area contributed by atoms with E-state index in [1.807, 2.05) is 18.3 Å². The Kier molecular flexibility index (Phi) is 1.82. The molecule has 1 N–H and O–H groups in total. The molecule has 0 saturated carbocycles. The van der Waals surface area contributed by atoms with E-state index in [1.54, 1.807) is 0 Å². The largest absolute Gasteiger partial charge is 0.361 e. The monoisotopic (exact) mass is 192 g/mol. The molecule has 1 aliphatic heterocycles. The van der Waals surface area contributed by atoms with Gasteiger partial charge >= 0.3 is 0 Å². The maximum absolute atomic E-state index is 3.24. The van der Waals surface area contributed by atoms with Crippen molar-refractivity contribution in [1.29, 1.82) is 0 Å². The highest BCUT2D eigenvalue weighted by Gasteiger charge is 2.09. The van der Waals surface area contributed by atoms with E-state index in [1.165, 1.54) is 11.1 Å². The Labute approximate surface area is 89.1 Å². The van der Waals surface area contributed by atoms with Gasteiger partial charge in [0.15, 0.2) is 0 Å². The van der Waals surface area contributed by atoms with Gasteiger partial charge in [-0.15, -0.1) is 0 Å². The first kappa shape index (κ1) is 8.30. The third-order valence-electron chi connectivity index (χ3n) is 2.60. The van der Waals surface area contributed by atoms with Crippen LogP contribution in [-0.4, -0.2) is 0 Å². The van der Waals surface area contributed by atoms with Crippen LogP contribution in [0.2, 0.25) is 0 Å². The summed E-state index contributed by atoms with van der Waals surface area (Å²) in [6.45, 7) is 0. The molecule has 71 valence electrons. The van der Waals surface area contributed by atoms with Gasteiger partial charge in [-0.1, -0.05) is 42.5 Å². The highest BCUT2D eigenvalue weighted by Crippen LogP contribution is 2.32. The van der Waals surface area contributed by atoms with Crippen molar-refractivity contribution in [2.75, 3.05) is 5.32 Å². The number of nitrogens with one attached hydrogen (secondary N) is 1. The summed E-state index contributed by atoms with van der Waals surface area (Å²) in [5.74, 6) is 0. The third-order valence-corrected chi connectivity index (χ3v) is 2.60. The summed E-state index contributed by atoms with van der Waals surface area (Å²) in [4.78, 5) is 0. The molecular formula is C14H10N. The molecule has 0 fully saturated rings. The van der Waals surface area contributed by atoms with Gasteiger partial charge in [0.25, 0.3) is 0 Å². The van der Waals surface area contributed by atoms with Crippen LogP contribution in [0.3, 0.4) is 0 Å². The minimum absolute atomic E-state index is 1.13. The van der Waals surface area contributed by atoms with Crippen LogP contribution in [-0.2, 0) is 0 Å². The minimum atomic E-state index is 1.13. The summed E-state index contributed by atoms with van der Waals surface area (Å²) in [6, 6.07) is 16.6. The summed E-state index contributed by atoms with van der Waals surface area (Å²) in [6.07, 6.45) is 5.10. The lowest BCUT2D eigenvalue weighted by molar-refractivity contribution is 1.56. The molecule has 1 heteroatoms. The number of fused-ring (bicyclic) bond motifs is 3. The van der Waals surface area contributed by atoms with Crippen LogP contribution < -0.4 is 5.32 Å². The summed E-state index contributed by atoms with van der Waals surface area (Å²) < 4.78 is 0. The number of hydrogen-bond donors (Lipinski definition) is 1. The average Bonchev–Trinajstić information content (AvgIpc) is 2.48. The number of rotatable bonds is 0. The zero-order valence-corrected chi connectivity index (χ0v) is 8.20. The fourth-order valence-corrected chi connectivity index (χ4v) is 1.88. The highest BCUT2D eigenvalue weighted by atomic mass is 14.8. The Morgan fingerprint density at radius 3 is 2.47 bits per heavy atom. The summed E-state index contributed by atoms with van der Waals surface area (Å²) >= 11 is 0. The molecular weight excluding hydrogens is 182 g/mol. The fraction of sp³-hybridized carbons (Fsp3) is 0. The molecule has 1 heterocycles. The average molecular weight is 192 g/mol. The quantitative estimate of drug-likeness (QED) is 0.674. The Hall–Kier alpha value is -2.02. The first-order valence-electron chi connectivity index (χ1n) is 4.98. The molecule has 1 radical (unpaired) electrons. The van der Waals surface area contributed by atoms with Gasteiger partial charge in [-0.2, -0.15) is 0 Å². The van der Waals surface area contributed by atoms with Crippen molar-refractivity contribution >= 4 is 5.69 Å². The topological polar surface area (TPSA) is 12.0 Å². The van der Waals surface area contributed by atoms with Gasteiger partial charge in [0.1, 0.15) is 0 Å². The van der Waals surface area contributed by atoms with E-state index in [0.717, 1.165) is 11.3 Å². The van der Waals surface area contributed by atoms with Crippen LogP contribution in [0.5, 0.6) is 0 Å². The van der Waals surface area contributed by atoms with Gasteiger partial charge in [-0.05, 0) is 17.2 Å². The van der Waals surface area contributed by atoms with Gasteiger partial charge in [-0.3, -0.25) is 0 Å². The molecule has 3 rings (SSSR count). The molecule has 0 saturated heterocycles. The summed E-state index contributed by atoms with van der Waals surface area (Å²) in [5.41, 5.74) is 4.73. The molecule has 0 aliphatic carbocycles. The van der Waals surface area contributed by atoms with Crippen molar-refractivity contribution in [3.05, 3.63) is 66.4 Å². The number of anilines is 1. The second-order valence-corrected chi connectivity index (χ2v) is 3.52. The van der Waals surface area contributed by atoms with E-state index in [0.29, 0.717) is 0 Å². The van der Waals surface area contributed by atoms with Gasteiger partial charge in [0.2, 0.25) is 0 Å². The van der Waals surface area contributed by atoms with Crippen molar-refractivity contribution in [2.45, 2.75) is 0 Å². The van der Waals surface area contributed by atoms with Gasteiger partial charge in [0.05, 0.1) is 0 Å². The summed E-state index contributed by atoms with van der Waals surface area (Å²) in [5, 5.41) is 3.24. The normalized spacial score (nSPS) is 12.3. The molecule has 1 nitrogen and oxygen atoms in total. The van der Waals surface area contributed by atoms with Crippen molar-refractivity contribution in [3.63, 3.8) is 0 Å². The molecule has 2 aromatic rings. The van der Waals surface area contributed by atoms with E-state index in [4.69, 9.17) is 0 Å². The predicted octanol–water partition coefficient (Wildman–Crippen LogP) is 3.44. The van der Waals surface area contributed by atoms with E-state index < -0.39 is 0 Å². The van der Waals surface area contributed by atoms with Crippen LogP contribution in [0.15, 0.2) is 54.7 Å². The number of benzene rings is 2. The second-order valence-electron chi connectivity index (χ2n) is 3.52. The van der Waals surface area contributed by atoms with Crippen LogP contribution >= 0.6 is 0 Å². The highest BCUT2D eigenvalue weighted by molar-refractivity contribution is 5.82. The third kappa shape index (κ3) is 1.33. The molecule has 2 aromatic carbocycles. The molecule has 15 heavy (non-hydrogen) atoms. The smallest absolute Gasteiger partial charge is 0.0459 e. The van der Waals surface area contributed by atoms with Crippen molar-refractivity contribution in [2.24, 2.45) is 0 Å². The minimum Gasteiger partial charge on any atom is -0.361 e. The summed E-state index contributed by atoms with van der Waals surface area (Å²) in [7, 11) is 0. The number of para-hydroxylation sites is 1. The lowest BCUT2D eigenvalue weighted by atomic mass is 9.99. The van der Waals surface area contributed by atoms with Crippen LogP contribution in [0.1, 0.15) is 5.56 Å². The second kappa shape index (κ2) is 3.28. The predicted molar refractivity (Wildman–Crippen MR) is 62.4 cm³/mol.